The van der Waals surface area contributed by atoms with E-state index in [0.717, 1.165) is 6.07 Å². The fraction of sp³-hybridized carbons (Fsp3) is 0.500. The van der Waals surface area contributed by atoms with Crippen LogP contribution >= 0.6 is 0 Å². The molecule has 6 heteroatoms. The van der Waals surface area contributed by atoms with Crippen molar-refractivity contribution < 1.29 is 20.1 Å². The number of hydrogen-bond donors (Lipinski definition) is 3. The number of rotatable bonds is 3. The first-order chi connectivity index (χ1) is 9.38. The number of benzene rings is 1. The lowest BCUT2D eigenvalue weighted by molar-refractivity contribution is 0.0696. The van der Waals surface area contributed by atoms with E-state index in [4.69, 9.17) is 0 Å². The van der Waals surface area contributed by atoms with Crippen molar-refractivity contribution in [3.8, 4) is 11.5 Å². The zero-order valence-electron chi connectivity index (χ0n) is 11.7. The number of hydrogen-bond acceptors (Lipinski definition) is 5. The highest BCUT2D eigenvalue weighted by Gasteiger charge is 2.35. The molecular formula is C14H20N2O4. The predicted molar refractivity (Wildman–Crippen MR) is 73.8 cm³/mol. The van der Waals surface area contributed by atoms with Gasteiger partial charge in [-0.05, 0) is 32.6 Å². The molecule has 1 fully saturated rings. The molecule has 1 heterocycles. The maximum absolute atomic E-state index is 12.5. The third kappa shape index (κ3) is 3.02. The smallest absolute Gasteiger partial charge is 0.257 e. The lowest BCUT2D eigenvalue weighted by atomic mass is 10.1. The number of β-amino-alcohol motifs (C(OH)–C–C–N with tert-alkyl or cyclic N) is 1. The van der Waals surface area contributed by atoms with Crippen LogP contribution in [0.2, 0.25) is 0 Å². The van der Waals surface area contributed by atoms with Crippen LogP contribution in [0.25, 0.3) is 0 Å². The number of aliphatic hydroxyl groups is 1. The number of carbonyl (C=O) groups is 1. The molecule has 1 aliphatic heterocycles. The van der Waals surface area contributed by atoms with Gasteiger partial charge in [0, 0.05) is 25.2 Å². The molecule has 1 aromatic rings. The third-order valence-electron chi connectivity index (χ3n) is 3.44. The Kier molecular flexibility index (Phi) is 4.15. The molecule has 20 heavy (non-hydrogen) atoms. The molecule has 0 aliphatic carbocycles. The van der Waals surface area contributed by atoms with Crippen molar-refractivity contribution >= 4 is 5.91 Å². The topological polar surface area (TPSA) is 84.2 Å². The van der Waals surface area contributed by atoms with Gasteiger partial charge in [0.2, 0.25) is 0 Å². The maximum Gasteiger partial charge on any atom is 0.257 e. The molecular weight excluding hydrogens is 260 g/mol. The number of phenols is 2. The predicted octanol–water partition coefficient (Wildman–Crippen LogP) is 0.235. The molecule has 2 rings (SSSR count). The molecule has 2 unspecified atom stereocenters. The Balaban J connectivity index is 2.22. The maximum atomic E-state index is 12.5. The van der Waals surface area contributed by atoms with E-state index >= 15 is 0 Å². The number of nitrogens with zero attached hydrogens (tertiary/aromatic N) is 2. The second-order valence-corrected chi connectivity index (χ2v) is 5.46. The van der Waals surface area contributed by atoms with Crippen molar-refractivity contribution in [2.75, 3.05) is 27.2 Å². The van der Waals surface area contributed by atoms with Crippen LogP contribution < -0.4 is 0 Å². The molecule has 1 saturated heterocycles. The Labute approximate surface area is 117 Å². The van der Waals surface area contributed by atoms with E-state index in [-0.39, 0.29) is 35.6 Å². The van der Waals surface area contributed by atoms with E-state index in [9.17, 15) is 20.1 Å². The molecule has 1 aromatic carbocycles. The quantitative estimate of drug-likeness (QED) is 0.738. The fourth-order valence-electron chi connectivity index (χ4n) is 2.59. The van der Waals surface area contributed by atoms with Crippen LogP contribution in [0.5, 0.6) is 11.5 Å². The van der Waals surface area contributed by atoms with Gasteiger partial charge in [0.15, 0.2) is 0 Å². The molecule has 0 bridgehead atoms. The average Bonchev–Trinajstić information content (AvgIpc) is 2.68. The molecule has 0 spiro atoms. The lowest BCUT2D eigenvalue weighted by Gasteiger charge is -2.27. The van der Waals surface area contributed by atoms with Crippen LogP contribution in [-0.2, 0) is 0 Å². The van der Waals surface area contributed by atoms with Gasteiger partial charge in [0.05, 0.1) is 11.7 Å². The summed E-state index contributed by atoms with van der Waals surface area (Å²) in [7, 11) is 3.82. The van der Waals surface area contributed by atoms with E-state index in [2.05, 4.69) is 0 Å². The van der Waals surface area contributed by atoms with Gasteiger partial charge >= 0.3 is 0 Å². The van der Waals surface area contributed by atoms with E-state index in [1.807, 2.05) is 19.0 Å². The molecule has 6 nitrogen and oxygen atoms in total. The van der Waals surface area contributed by atoms with E-state index < -0.39 is 6.10 Å². The fourth-order valence-corrected chi connectivity index (χ4v) is 2.59. The number of phenolic OH excluding ortho intramolecular Hbond substituents is 2. The summed E-state index contributed by atoms with van der Waals surface area (Å²) in [5.41, 5.74) is 0.139. The van der Waals surface area contributed by atoms with E-state index in [1.54, 1.807) is 4.90 Å². The minimum absolute atomic E-state index is 0.0827. The summed E-state index contributed by atoms with van der Waals surface area (Å²) in [4.78, 5) is 16.0. The summed E-state index contributed by atoms with van der Waals surface area (Å²) in [6.45, 7) is 0.916. The lowest BCUT2D eigenvalue weighted by Crippen LogP contribution is -2.41. The van der Waals surface area contributed by atoms with Crippen LogP contribution in [0.4, 0.5) is 0 Å². The first-order valence-electron chi connectivity index (χ1n) is 6.54. The van der Waals surface area contributed by atoms with Crippen LogP contribution in [0.3, 0.4) is 0 Å². The zero-order chi connectivity index (χ0) is 14.9. The Bertz CT molecular complexity index is 504. The zero-order valence-corrected chi connectivity index (χ0v) is 11.7. The van der Waals surface area contributed by atoms with Gasteiger partial charge in [-0.25, -0.2) is 0 Å². The van der Waals surface area contributed by atoms with Crippen LogP contribution in [-0.4, -0.2) is 70.4 Å². The number of likely N-dealkylation sites (tertiary alicyclic amines) is 1. The minimum Gasteiger partial charge on any atom is -0.508 e. The Morgan fingerprint density at radius 1 is 1.40 bits per heavy atom. The van der Waals surface area contributed by atoms with Crippen molar-refractivity contribution in [2.24, 2.45) is 0 Å². The highest BCUT2D eigenvalue weighted by atomic mass is 16.3. The minimum atomic E-state index is -0.539. The van der Waals surface area contributed by atoms with Crippen LogP contribution in [0.1, 0.15) is 16.8 Å². The van der Waals surface area contributed by atoms with Crippen molar-refractivity contribution in [1.82, 2.24) is 9.80 Å². The third-order valence-corrected chi connectivity index (χ3v) is 3.44. The van der Waals surface area contributed by atoms with Gasteiger partial charge in [-0.2, -0.15) is 0 Å². The highest BCUT2D eigenvalue weighted by molar-refractivity contribution is 5.97. The summed E-state index contributed by atoms with van der Waals surface area (Å²) in [5, 5.41) is 28.8. The number of likely N-dealkylation sites (N-methyl/N-ethyl adjacent to an activating group) is 1. The molecule has 0 saturated carbocycles. The SMILES string of the molecule is CN(C)CC1CC(O)CN1C(=O)c1ccc(O)cc1O. The van der Waals surface area contributed by atoms with Crippen LogP contribution in [0, 0.1) is 0 Å². The normalized spacial score (nSPS) is 22.5. The monoisotopic (exact) mass is 280 g/mol. The Morgan fingerprint density at radius 2 is 2.10 bits per heavy atom. The molecule has 3 N–H and O–H groups in total. The summed E-state index contributed by atoms with van der Waals surface area (Å²) >= 11 is 0. The first-order valence-corrected chi connectivity index (χ1v) is 6.54. The number of aliphatic hydroxyl groups excluding tert-OH is 1. The number of aromatic hydroxyl groups is 2. The first kappa shape index (κ1) is 14.6. The van der Waals surface area contributed by atoms with Gasteiger partial charge in [-0.15, -0.1) is 0 Å². The summed E-state index contributed by atoms with van der Waals surface area (Å²) in [5.74, 6) is -0.670. The highest BCUT2D eigenvalue weighted by Crippen LogP contribution is 2.27. The molecule has 0 radical (unpaired) electrons. The van der Waals surface area contributed by atoms with Gasteiger partial charge in [-0.1, -0.05) is 0 Å². The molecule has 2 atom stereocenters. The van der Waals surface area contributed by atoms with Gasteiger partial charge in [-0.3, -0.25) is 4.79 Å². The average molecular weight is 280 g/mol. The second-order valence-electron chi connectivity index (χ2n) is 5.46. The summed E-state index contributed by atoms with van der Waals surface area (Å²) in [6, 6.07) is 3.81. The summed E-state index contributed by atoms with van der Waals surface area (Å²) in [6.07, 6.45) is -0.00822. The number of carbonyl (C=O) groups excluding carboxylic acids is 1. The molecule has 1 amide bonds. The van der Waals surface area contributed by atoms with Gasteiger partial charge in [0.1, 0.15) is 11.5 Å². The second kappa shape index (κ2) is 5.68. The van der Waals surface area contributed by atoms with Crippen molar-refractivity contribution in [3.63, 3.8) is 0 Å². The molecule has 1 aliphatic rings. The molecule has 0 aromatic heterocycles. The van der Waals surface area contributed by atoms with Crippen molar-refractivity contribution in [3.05, 3.63) is 23.8 Å². The van der Waals surface area contributed by atoms with Gasteiger partial charge in [0.25, 0.3) is 5.91 Å². The molecule has 110 valence electrons. The van der Waals surface area contributed by atoms with Crippen LogP contribution in [0.15, 0.2) is 18.2 Å². The standard InChI is InChI=1S/C14H20N2O4/c1-15(2)7-9-5-11(18)8-16(9)14(20)12-4-3-10(17)6-13(12)19/h3-4,6,9,11,17-19H,5,7-8H2,1-2H3. The van der Waals surface area contributed by atoms with Crippen molar-refractivity contribution in [2.45, 2.75) is 18.6 Å². The summed E-state index contributed by atoms with van der Waals surface area (Å²) < 4.78 is 0. The van der Waals surface area contributed by atoms with Gasteiger partial charge < -0.3 is 25.1 Å². The Morgan fingerprint density at radius 3 is 2.70 bits per heavy atom. The Hall–Kier alpha value is -1.79. The number of amides is 1. The van der Waals surface area contributed by atoms with E-state index in [1.165, 1.54) is 12.1 Å². The van der Waals surface area contributed by atoms with Crippen molar-refractivity contribution in [1.29, 1.82) is 0 Å². The van der Waals surface area contributed by atoms with E-state index in [0.29, 0.717) is 13.0 Å². The largest absolute Gasteiger partial charge is 0.508 e.